The van der Waals surface area contributed by atoms with Crippen LogP contribution in [0.5, 0.6) is 11.7 Å². The normalized spacial score (nSPS) is 33.8. The zero-order valence-electron chi connectivity index (χ0n) is 31.7. The van der Waals surface area contributed by atoms with Crippen molar-refractivity contribution in [3.05, 3.63) is 47.6 Å². The molecule has 6 rings (SSSR count). The summed E-state index contributed by atoms with van der Waals surface area (Å²) in [6, 6.07) is 4.19. The first-order chi connectivity index (χ1) is 24.9. The Morgan fingerprint density at radius 1 is 1.04 bits per heavy atom. The molecule has 0 aliphatic heterocycles. The maximum atomic E-state index is 17.9. The Labute approximate surface area is 310 Å². The number of ketones is 2. The van der Waals surface area contributed by atoms with Crippen LogP contribution in [0.15, 0.2) is 46.4 Å². The van der Waals surface area contributed by atoms with E-state index in [1.807, 2.05) is 27.7 Å². The molecule has 0 bridgehead atoms. The third-order valence-electron chi connectivity index (χ3n) is 12.4. The van der Waals surface area contributed by atoms with Crippen molar-refractivity contribution in [1.82, 2.24) is 0 Å². The predicted molar refractivity (Wildman–Crippen MR) is 194 cm³/mol. The summed E-state index contributed by atoms with van der Waals surface area (Å²) < 4.78 is 57.6. The van der Waals surface area contributed by atoms with Crippen molar-refractivity contribution in [1.29, 1.82) is 0 Å². The van der Waals surface area contributed by atoms with Crippen LogP contribution in [0.4, 0.5) is 8.78 Å². The summed E-state index contributed by atoms with van der Waals surface area (Å²) in [6.45, 7) is 11.0. The number of fused-ring (bicyclic) bond motifs is 6. The highest BCUT2D eigenvalue weighted by atomic mass is 19.1. The van der Waals surface area contributed by atoms with Crippen molar-refractivity contribution in [3.63, 3.8) is 0 Å². The molecule has 9 atom stereocenters. The number of benzene rings is 1. The number of Topliss-reactive ketones (excluding diaryl/α,β-unsaturated/α-hetero) is 1. The molecule has 2 aromatic rings. The van der Waals surface area contributed by atoms with Crippen molar-refractivity contribution in [3.8, 4) is 11.7 Å². The molecule has 0 amide bonds. The molecule has 0 radical (unpaired) electrons. The lowest BCUT2D eigenvalue weighted by Crippen LogP contribution is -2.58. The molecule has 9 nitrogen and oxygen atoms in total. The topological polar surface area (TPSA) is 133 Å². The lowest BCUT2D eigenvalue weighted by molar-refractivity contribution is -0.141. The number of halogens is 2. The summed E-state index contributed by atoms with van der Waals surface area (Å²) in [4.78, 5) is 39.3. The number of hydrogen-bond acceptors (Lipinski definition) is 9. The molecule has 53 heavy (non-hydrogen) atoms. The number of carbonyl (C=O) groups excluding carboxylic acids is 3. The minimum atomic E-state index is -2.09. The van der Waals surface area contributed by atoms with E-state index in [2.05, 4.69) is 6.92 Å². The van der Waals surface area contributed by atoms with Gasteiger partial charge in [0.2, 0.25) is 0 Å². The maximum absolute atomic E-state index is 17.9. The number of aliphatic hydroxyl groups is 1. The first-order valence-corrected chi connectivity index (χ1v) is 19.1. The third kappa shape index (κ3) is 7.32. The quantitative estimate of drug-likeness (QED) is 0.163. The van der Waals surface area contributed by atoms with Crippen molar-refractivity contribution in [2.45, 2.75) is 129 Å². The van der Waals surface area contributed by atoms with Gasteiger partial charge in [-0.1, -0.05) is 45.6 Å². The number of phenols is 1. The van der Waals surface area contributed by atoms with Crippen molar-refractivity contribution >= 4 is 28.5 Å². The number of aliphatic hydroxyl groups excluding tert-OH is 1. The fourth-order valence-corrected chi connectivity index (χ4v) is 10.0. The van der Waals surface area contributed by atoms with Gasteiger partial charge in [-0.15, -0.1) is 0 Å². The van der Waals surface area contributed by atoms with Crippen molar-refractivity contribution in [2.75, 3.05) is 13.2 Å². The summed E-state index contributed by atoms with van der Waals surface area (Å²) in [7, 11) is 0. The standard InChI is InChI=1S/C42H54F2O9/c1-7-8-9-10-11-14-50-38(49)24-15-32(47)27-18-36(52-34(27)16-24)51-23-33(48)37-35(53-39(2,3)4)20-28-29-19-31(43)30-17-25(45)12-13-41(30,6)42(29,44)22-26(46)21-40(28,37)5/h12-13,15-18,26,28-29,31,35,37,46-47H,7-11,14,19-23H2,1-6H3. The number of hydrogen-bond donors (Lipinski definition) is 2. The Morgan fingerprint density at radius 2 is 1.77 bits per heavy atom. The van der Waals surface area contributed by atoms with E-state index in [9.17, 15) is 24.6 Å². The number of phenolic OH excluding ortho intramolecular Hbond substituents is 1. The highest BCUT2D eigenvalue weighted by Crippen LogP contribution is 2.68. The first kappa shape index (κ1) is 39.1. The SMILES string of the molecule is CCCCCCCOC(=O)c1cc(O)c2cc(OCC(=O)C3C(OC(C)(C)C)CC4C5CC(F)C6=CC(=O)C=CC6(C)C5(F)CC(O)CC43C)oc2c1. The maximum Gasteiger partial charge on any atom is 0.338 e. The van der Waals surface area contributed by atoms with E-state index in [-0.39, 0.29) is 71.9 Å². The summed E-state index contributed by atoms with van der Waals surface area (Å²) in [5.41, 5.74) is -4.81. The Hall–Kier alpha value is -3.57. The molecule has 4 aliphatic carbocycles. The van der Waals surface area contributed by atoms with Gasteiger partial charge in [-0.3, -0.25) is 9.59 Å². The number of aromatic hydroxyl groups is 1. The minimum Gasteiger partial charge on any atom is -0.507 e. The smallest absolute Gasteiger partial charge is 0.338 e. The molecule has 0 saturated heterocycles. The summed E-state index contributed by atoms with van der Waals surface area (Å²) in [5, 5.41) is 22.5. The van der Waals surface area contributed by atoms with E-state index in [0.717, 1.165) is 32.1 Å². The van der Waals surface area contributed by atoms with E-state index in [1.165, 1.54) is 36.4 Å². The molecule has 2 N–H and O–H groups in total. The monoisotopic (exact) mass is 740 g/mol. The number of esters is 1. The zero-order chi connectivity index (χ0) is 38.5. The second-order valence-electron chi connectivity index (χ2n) is 17.1. The number of allylic oxidation sites excluding steroid dienone is 4. The predicted octanol–water partition coefficient (Wildman–Crippen LogP) is 8.33. The number of furan rings is 1. The van der Waals surface area contributed by atoms with Gasteiger partial charge in [-0.05, 0) is 94.6 Å². The summed E-state index contributed by atoms with van der Waals surface area (Å²) in [5.74, 6) is -3.84. The van der Waals surface area contributed by atoms with Crippen molar-refractivity contribution < 1.29 is 52.0 Å². The molecule has 9 unspecified atom stereocenters. The molecule has 1 aromatic carbocycles. The molecular formula is C42H54F2O9. The molecule has 1 aromatic heterocycles. The van der Waals surface area contributed by atoms with Crippen LogP contribution in [0.25, 0.3) is 11.0 Å². The second-order valence-corrected chi connectivity index (χ2v) is 17.1. The fourth-order valence-electron chi connectivity index (χ4n) is 10.0. The number of carbonyl (C=O) groups is 3. The molecule has 4 aliphatic rings. The van der Waals surface area contributed by atoms with Crippen LogP contribution in [-0.4, -0.2) is 70.6 Å². The largest absolute Gasteiger partial charge is 0.507 e. The van der Waals surface area contributed by atoms with Crippen molar-refractivity contribution in [2.24, 2.45) is 28.6 Å². The number of unbranched alkanes of at least 4 members (excludes halogenated alkanes) is 4. The van der Waals surface area contributed by atoms with Crippen LogP contribution in [0.1, 0.15) is 110 Å². The highest BCUT2D eigenvalue weighted by Gasteiger charge is 2.70. The summed E-state index contributed by atoms with van der Waals surface area (Å²) in [6.07, 6.45) is 5.48. The Balaban J connectivity index is 1.24. The van der Waals surface area contributed by atoms with E-state index >= 15 is 8.78 Å². The van der Waals surface area contributed by atoms with Crippen LogP contribution in [-0.2, 0) is 19.1 Å². The Morgan fingerprint density at radius 3 is 2.49 bits per heavy atom. The van der Waals surface area contributed by atoms with Gasteiger partial charge < -0.3 is 28.8 Å². The van der Waals surface area contributed by atoms with E-state index in [1.54, 1.807) is 6.92 Å². The van der Waals surface area contributed by atoms with E-state index in [4.69, 9.17) is 18.6 Å². The summed E-state index contributed by atoms with van der Waals surface area (Å²) >= 11 is 0. The van der Waals surface area contributed by atoms with Crippen LogP contribution < -0.4 is 4.74 Å². The number of alkyl halides is 2. The van der Waals surface area contributed by atoms with Crippen LogP contribution >= 0.6 is 0 Å². The average Bonchev–Trinajstić information content (AvgIpc) is 3.59. The zero-order valence-corrected chi connectivity index (χ0v) is 31.7. The molecule has 0 spiro atoms. The van der Waals surface area contributed by atoms with Gasteiger partial charge in [-0.25, -0.2) is 13.6 Å². The molecular weight excluding hydrogens is 686 g/mol. The van der Waals surface area contributed by atoms with Gasteiger partial charge in [-0.2, -0.15) is 0 Å². The lowest BCUT2D eigenvalue weighted by Gasteiger charge is -2.55. The third-order valence-corrected chi connectivity index (χ3v) is 12.4. The highest BCUT2D eigenvalue weighted by molar-refractivity contribution is 6.01. The van der Waals surface area contributed by atoms with E-state index < -0.39 is 76.6 Å². The second kappa shape index (κ2) is 14.6. The lowest BCUT2D eigenvalue weighted by atomic mass is 9.51. The Bertz CT molecular complexity index is 1790. The number of rotatable bonds is 12. The van der Waals surface area contributed by atoms with Crippen LogP contribution in [0.3, 0.4) is 0 Å². The van der Waals surface area contributed by atoms with Gasteiger partial charge in [0, 0.05) is 23.8 Å². The van der Waals surface area contributed by atoms with Gasteiger partial charge in [0.15, 0.2) is 18.2 Å². The molecule has 290 valence electrons. The first-order valence-electron chi connectivity index (χ1n) is 19.1. The van der Waals surface area contributed by atoms with E-state index in [0.29, 0.717) is 0 Å². The molecule has 11 heteroatoms. The van der Waals surface area contributed by atoms with Gasteiger partial charge in [0.1, 0.15) is 23.2 Å². The fraction of sp³-hybridized carbons (Fsp3) is 0.643. The number of ether oxygens (including phenoxy) is 3. The average molecular weight is 741 g/mol. The van der Waals surface area contributed by atoms with Crippen LogP contribution in [0, 0.1) is 28.6 Å². The Kier molecular flexibility index (Phi) is 10.8. The van der Waals surface area contributed by atoms with Crippen LogP contribution in [0.2, 0.25) is 0 Å². The van der Waals surface area contributed by atoms with Gasteiger partial charge in [0.25, 0.3) is 5.95 Å². The molecule has 3 fully saturated rings. The minimum absolute atomic E-state index is 0.0554. The van der Waals surface area contributed by atoms with Gasteiger partial charge >= 0.3 is 5.97 Å². The van der Waals surface area contributed by atoms with Gasteiger partial charge in [0.05, 0.1) is 41.3 Å². The molecule has 1 heterocycles. The molecule has 3 saturated carbocycles.